The minimum absolute atomic E-state index is 0.0980. The van der Waals surface area contributed by atoms with Crippen molar-refractivity contribution in [2.75, 3.05) is 0 Å². The third kappa shape index (κ3) is 3.56. The molecule has 0 aliphatic heterocycles. The van der Waals surface area contributed by atoms with E-state index in [1.165, 1.54) is 5.56 Å². The van der Waals surface area contributed by atoms with Gasteiger partial charge >= 0.3 is 5.97 Å². The van der Waals surface area contributed by atoms with E-state index in [1.54, 1.807) is 12.1 Å². The van der Waals surface area contributed by atoms with Crippen LogP contribution in [-0.4, -0.2) is 23.0 Å². The van der Waals surface area contributed by atoms with Crippen molar-refractivity contribution in [2.24, 2.45) is 5.92 Å². The molecule has 2 rings (SSSR count). The molecular weight excluding hydrogens is 242 g/mol. The van der Waals surface area contributed by atoms with Crippen LogP contribution < -0.4 is 5.32 Å². The Labute approximate surface area is 112 Å². The Morgan fingerprint density at radius 2 is 1.95 bits per heavy atom. The molecule has 0 heterocycles. The summed E-state index contributed by atoms with van der Waals surface area (Å²) >= 11 is 0. The molecule has 0 spiro atoms. The maximum Gasteiger partial charge on any atom is 0.326 e. The number of amides is 1. The SMILES string of the molecule is CCCc1ccc(C(=O)NC(C(=O)O)C2CC2)cc1. The van der Waals surface area contributed by atoms with Gasteiger partial charge in [0.1, 0.15) is 6.04 Å². The highest BCUT2D eigenvalue weighted by molar-refractivity contribution is 5.96. The molecule has 1 amide bonds. The lowest BCUT2D eigenvalue weighted by Gasteiger charge is -2.13. The molecule has 4 nitrogen and oxygen atoms in total. The van der Waals surface area contributed by atoms with Gasteiger partial charge in [-0.25, -0.2) is 4.79 Å². The van der Waals surface area contributed by atoms with Crippen molar-refractivity contribution in [3.8, 4) is 0 Å². The van der Waals surface area contributed by atoms with E-state index in [-0.39, 0.29) is 11.8 Å². The van der Waals surface area contributed by atoms with Gasteiger partial charge in [0, 0.05) is 5.56 Å². The molecule has 0 bridgehead atoms. The zero-order chi connectivity index (χ0) is 13.8. The van der Waals surface area contributed by atoms with E-state index in [0.29, 0.717) is 5.56 Å². The molecular formula is C15H19NO3. The largest absolute Gasteiger partial charge is 0.480 e. The van der Waals surface area contributed by atoms with E-state index in [9.17, 15) is 9.59 Å². The third-order valence-corrected chi connectivity index (χ3v) is 3.40. The number of aryl methyl sites for hydroxylation is 1. The normalized spacial score (nSPS) is 15.8. The van der Waals surface area contributed by atoms with Gasteiger partial charge < -0.3 is 10.4 Å². The summed E-state index contributed by atoms with van der Waals surface area (Å²) in [6.07, 6.45) is 3.81. The zero-order valence-electron chi connectivity index (χ0n) is 11.1. The number of aliphatic carboxylic acids is 1. The molecule has 1 aromatic carbocycles. The molecule has 1 unspecified atom stereocenters. The van der Waals surface area contributed by atoms with Gasteiger partial charge in [-0.1, -0.05) is 25.5 Å². The van der Waals surface area contributed by atoms with E-state index >= 15 is 0 Å². The topological polar surface area (TPSA) is 66.4 Å². The van der Waals surface area contributed by atoms with E-state index in [4.69, 9.17) is 5.11 Å². The number of rotatable bonds is 6. The Bertz CT molecular complexity index is 463. The molecule has 1 aliphatic rings. The summed E-state index contributed by atoms with van der Waals surface area (Å²) in [4.78, 5) is 23.1. The first-order valence-electron chi connectivity index (χ1n) is 6.74. The van der Waals surface area contributed by atoms with Crippen LogP contribution in [-0.2, 0) is 11.2 Å². The second kappa shape index (κ2) is 5.87. The third-order valence-electron chi connectivity index (χ3n) is 3.40. The Balaban J connectivity index is 2.00. The Hall–Kier alpha value is -1.84. The number of carbonyl (C=O) groups excluding carboxylic acids is 1. The predicted octanol–water partition coefficient (Wildman–Crippen LogP) is 2.23. The molecule has 0 radical (unpaired) electrons. The fourth-order valence-corrected chi connectivity index (χ4v) is 2.15. The van der Waals surface area contributed by atoms with Crippen LogP contribution in [0.15, 0.2) is 24.3 Å². The second-order valence-electron chi connectivity index (χ2n) is 5.07. The molecule has 19 heavy (non-hydrogen) atoms. The molecule has 1 atom stereocenters. The van der Waals surface area contributed by atoms with Crippen LogP contribution in [0, 0.1) is 5.92 Å². The molecule has 1 aromatic rings. The van der Waals surface area contributed by atoms with E-state index in [1.807, 2.05) is 12.1 Å². The first kappa shape index (κ1) is 13.6. The highest BCUT2D eigenvalue weighted by atomic mass is 16.4. The highest BCUT2D eigenvalue weighted by Gasteiger charge is 2.37. The first-order chi connectivity index (χ1) is 9.11. The summed E-state index contributed by atoms with van der Waals surface area (Å²) in [7, 11) is 0. The van der Waals surface area contributed by atoms with Gasteiger partial charge in [-0.2, -0.15) is 0 Å². The zero-order valence-corrected chi connectivity index (χ0v) is 11.1. The van der Waals surface area contributed by atoms with Gasteiger partial charge in [-0.15, -0.1) is 0 Å². The molecule has 1 fully saturated rings. The van der Waals surface area contributed by atoms with Crippen LogP contribution in [0.1, 0.15) is 42.1 Å². The van der Waals surface area contributed by atoms with Crippen molar-refractivity contribution >= 4 is 11.9 Å². The van der Waals surface area contributed by atoms with Gasteiger partial charge in [-0.3, -0.25) is 4.79 Å². The number of hydrogen-bond acceptors (Lipinski definition) is 2. The highest BCUT2D eigenvalue weighted by Crippen LogP contribution is 2.32. The maximum absolute atomic E-state index is 12.0. The molecule has 2 N–H and O–H groups in total. The van der Waals surface area contributed by atoms with E-state index in [0.717, 1.165) is 25.7 Å². The van der Waals surface area contributed by atoms with Gasteiger partial charge in [0.05, 0.1) is 0 Å². The lowest BCUT2D eigenvalue weighted by atomic mass is 10.1. The van der Waals surface area contributed by atoms with Crippen molar-refractivity contribution in [1.82, 2.24) is 5.32 Å². The van der Waals surface area contributed by atoms with Crippen LogP contribution in [0.3, 0.4) is 0 Å². The summed E-state index contributed by atoms with van der Waals surface area (Å²) in [6, 6.07) is 6.61. The fraction of sp³-hybridized carbons (Fsp3) is 0.467. The number of hydrogen-bond donors (Lipinski definition) is 2. The maximum atomic E-state index is 12.0. The van der Waals surface area contributed by atoms with Crippen LogP contribution in [0.25, 0.3) is 0 Å². The second-order valence-corrected chi connectivity index (χ2v) is 5.07. The molecule has 0 saturated heterocycles. The lowest BCUT2D eigenvalue weighted by molar-refractivity contribution is -0.139. The molecule has 4 heteroatoms. The average Bonchev–Trinajstić information content (AvgIpc) is 3.21. The molecule has 102 valence electrons. The summed E-state index contributed by atoms with van der Waals surface area (Å²) < 4.78 is 0. The molecule has 1 aliphatic carbocycles. The number of benzene rings is 1. The van der Waals surface area contributed by atoms with Crippen molar-refractivity contribution in [3.63, 3.8) is 0 Å². The predicted molar refractivity (Wildman–Crippen MR) is 72.1 cm³/mol. The van der Waals surface area contributed by atoms with Gasteiger partial charge in [0.2, 0.25) is 0 Å². The van der Waals surface area contributed by atoms with Crippen LogP contribution in [0.5, 0.6) is 0 Å². The quantitative estimate of drug-likeness (QED) is 0.825. The van der Waals surface area contributed by atoms with E-state index in [2.05, 4.69) is 12.2 Å². The summed E-state index contributed by atoms with van der Waals surface area (Å²) in [5.41, 5.74) is 1.71. The minimum Gasteiger partial charge on any atom is -0.480 e. The minimum atomic E-state index is -0.946. The monoisotopic (exact) mass is 261 g/mol. The summed E-state index contributed by atoms with van der Waals surface area (Å²) in [6.45, 7) is 2.10. The Morgan fingerprint density at radius 3 is 2.42 bits per heavy atom. The van der Waals surface area contributed by atoms with E-state index < -0.39 is 12.0 Å². The molecule has 0 aromatic heterocycles. The number of carboxylic acids is 1. The first-order valence-corrected chi connectivity index (χ1v) is 6.74. The standard InChI is InChI=1S/C15H19NO3/c1-2-3-10-4-6-12(7-5-10)14(17)16-13(15(18)19)11-8-9-11/h4-7,11,13H,2-3,8-9H2,1H3,(H,16,17)(H,18,19). The summed E-state index contributed by atoms with van der Waals surface area (Å²) in [5, 5.41) is 11.7. The smallest absolute Gasteiger partial charge is 0.326 e. The van der Waals surface area contributed by atoms with Crippen LogP contribution >= 0.6 is 0 Å². The number of nitrogens with one attached hydrogen (secondary N) is 1. The van der Waals surface area contributed by atoms with Crippen molar-refractivity contribution in [1.29, 1.82) is 0 Å². The number of carboxylic acid groups (broad SMARTS) is 1. The van der Waals surface area contributed by atoms with Gasteiger partial charge in [0.15, 0.2) is 0 Å². The number of carbonyl (C=O) groups is 2. The molecule has 1 saturated carbocycles. The Kier molecular flexibility index (Phi) is 4.20. The fourth-order valence-electron chi connectivity index (χ4n) is 2.15. The average molecular weight is 261 g/mol. The van der Waals surface area contributed by atoms with Crippen molar-refractivity contribution in [3.05, 3.63) is 35.4 Å². The van der Waals surface area contributed by atoms with Gasteiger partial charge in [0.25, 0.3) is 5.91 Å². The van der Waals surface area contributed by atoms with Crippen LogP contribution in [0.2, 0.25) is 0 Å². The summed E-state index contributed by atoms with van der Waals surface area (Å²) in [5.74, 6) is -1.15. The van der Waals surface area contributed by atoms with Crippen molar-refractivity contribution < 1.29 is 14.7 Å². The van der Waals surface area contributed by atoms with Gasteiger partial charge in [-0.05, 0) is 42.9 Å². The lowest BCUT2D eigenvalue weighted by Crippen LogP contribution is -2.42. The van der Waals surface area contributed by atoms with Crippen molar-refractivity contribution in [2.45, 2.75) is 38.6 Å². The van der Waals surface area contributed by atoms with Crippen LogP contribution in [0.4, 0.5) is 0 Å². The Morgan fingerprint density at radius 1 is 1.32 bits per heavy atom.